The van der Waals surface area contributed by atoms with Crippen molar-refractivity contribution in [3.63, 3.8) is 0 Å². The molecule has 0 radical (unpaired) electrons. The second-order valence-corrected chi connectivity index (χ2v) is 8.32. The van der Waals surface area contributed by atoms with E-state index in [1.54, 1.807) is 0 Å². The topological polar surface area (TPSA) is 72.5 Å². The van der Waals surface area contributed by atoms with Crippen LogP contribution in [0.3, 0.4) is 0 Å². The van der Waals surface area contributed by atoms with E-state index in [1.165, 1.54) is 0 Å². The van der Waals surface area contributed by atoms with Crippen molar-refractivity contribution in [1.82, 2.24) is 5.32 Å². The summed E-state index contributed by atoms with van der Waals surface area (Å²) in [6, 6.07) is 0.704. The first-order valence-corrected chi connectivity index (χ1v) is 9.36. The van der Waals surface area contributed by atoms with Gasteiger partial charge in [-0.1, -0.05) is 13.3 Å². The van der Waals surface area contributed by atoms with Crippen LogP contribution in [-0.2, 0) is 19.4 Å². The molecule has 20 heavy (non-hydrogen) atoms. The number of unbranched alkanes of at least 4 members (excludes halogenated alkanes) is 1. The maximum absolute atomic E-state index is 12.3. The zero-order chi connectivity index (χ0) is 14.6. The van der Waals surface area contributed by atoms with Gasteiger partial charge in [0.2, 0.25) is 0 Å². The standard InChI is InChI=1S/C14H25NO4S/c1-2-3-7-19-14(16)6-8-20(17,18)13-9-11-4-5-12(10-13)15-11/h11-13,15H,2-10H2,1H3. The van der Waals surface area contributed by atoms with Crippen LogP contribution in [0.4, 0.5) is 0 Å². The molecule has 116 valence electrons. The van der Waals surface area contributed by atoms with E-state index in [4.69, 9.17) is 4.74 Å². The number of esters is 1. The van der Waals surface area contributed by atoms with Crippen LogP contribution in [0.25, 0.3) is 0 Å². The SMILES string of the molecule is CCCCOC(=O)CCS(=O)(=O)C1CC2CCC(C1)N2. The van der Waals surface area contributed by atoms with Crippen molar-refractivity contribution in [2.24, 2.45) is 0 Å². The Labute approximate surface area is 121 Å². The van der Waals surface area contributed by atoms with E-state index in [1.807, 2.05) is 6.92 Å². The number of fused-ring (bicyclic) bond motifs is 2. The number of nitrogens with one attached hydrogen (secondary N) is 1. The van der Waals surface area contributed by atoms with Crippen LogP contribution in [0.5, 0.6) is 0 Å². The molecule has 2 bridgehead atoms. The fraction of sp³-hybridized carbons (Fsp3) is 0.929. The molecule has 0 aromatic carbocycles. The summed E-state index contributed by atoms with van der Waals surface area (Å²) in [5, 5.41) is 3.16. The maximum atomic E-state index is 12.3. The molecule has 0 amide bonds. The predicted octanol–water partition coefficient (Wildman–Crippen LogP) is 1.42. The molecule has 2 saturated heterocycles. The van der Waals surface area contributed by atoms with Gasteiger partial charge in [-0.3, -0.25) is 4.79 Å². The zero-order valence-electron chi connectivity index (χ0n) is 12.1. The number of ether oxygens (including phenoxy) is 1. The van der Waals surface area contributed by atoms with Crippen LogP contribution in [0.15, 0.2) is 0 Å². The molecule has 1 N–H and O–H groups in total. The molecule has 0 saturated carbocycles. The van der Waals surface area contributed by atoms with Crippen LogP contribution in [-0.4, -0.2) is 44.1 Å². The van der Waals surface area contributed by atoms with Crippen molar-refractivity contribution in [2.75, 3.05) is 12.4 Å². The Kier molecular flexibility index (Phi) is 5.43. The summed E-state index contributed by atoms with van der Waals surface area (Å²) in [6.45, 7) is 2.41. The van der Waals surface area contributed by atoms with Crippen molar-refractivity contribution in [3.8, 4) is 0 Å². The number of hydrogen-bond donors (Lipinski definition) is 1. The molecule has 0 aromatic rings. The lowest BCUT2D eigenvalue weighted by Gasteiger charge is -2.28. The lowest BCUT2D eigenvalue weighted by molar-refractivity contribution is -0.143. The van der Waals surface area contributed by atoms with Gasteiger partial charge < -0.3 is 10.1 Å². The van der Waals surface area contributed by atoms with Crippen molar-refractivity contribution in [2.45, 2.75) is 69.2 Å². The van der Waals surface area contributed by atoms with Gasteiger partial charge in [-0.25, -0.2) is 8.42 Å². The van der Waals surface area contributed by atoms with Crippen LogP contribution >= 0.6 is 0 Å². The summed E-state index contributed by atoms with van der Waals surface area (Å²) in [5.41, 5.74) is 0. The number of carbonyl (C=O) groups is 1. The highest BCUT2D eigenvalue weighted by atomic mass is 32.2. The molecular formula is C14H25NO4S. The summed E-state index contributed by atoms with van der Waals surface area (Å²) in [4.78, 5) is 11.5. The number of piperidine rings is 1. The van der Waals surface area contributed by atoms with Crippen molar-refractivity contribution < 1.29 is 17.9 Å². The van der Waals surface area contributed by atoms with Gasteiger partial charge in [-0.15, -0.1) is 0 Å². The second-order valence-electron chi connectivity index (χ2n) is 5.92. The van der Waals surface area contributed by atoms with Gasteiger partial charge in [0.15, 0.2) is 9.84 Å². The van der Waals surface area contributed by atoms with Gasteiger partial charge >= 0.3 is 5.97 Å². The molecule has 0 spiro atoms. The Bertz CT molecular complexity index is 422. The molecule has 2 atom stereocenters. The van der Waals surface area contributed by atoms with Gasteiger partial charge in [-0.05, 0) is 32.1 Å². The fourth-order valence-electron chi connectivity index (χ4n) is 3.09. The van der Waals surface area contributed by atoms with E-state index < -0.39 is 9.84 Å². The molecule has 2 heterocycles. The molecule has 2 aliphatic heterocycles. The van der Waals surface area contributed by atoms with Crippen LogP contribution in [0, 0.1) is 0 Å². The average molecular weight is 303 g/mol. The number of hydrogen-bond acceptors (Lipinski definition) is 5. The quantitative estimate of drug-likeness (QED) is 0.569. The summed E-state index contributed by atoms with van der Waals surface area (Å²) in [5.74, 6) is -0.457. The third-order valence-corrected chi connectivity index (χ3v) is 6.46. The first-order chi connectivity index (χ1) is 9.51. The zero-order valence-corrected chi connectivity index (χ0v) is 13.0. The summed E-state index contributed by atoms with van der Waals surface area (Å²) >= 11 is 0. The summed E-state index contributed by atoms with van der Waals surface area (Å²) in [7, 11) is -3.18. The fourth-order valence-corrected chi connectivity index (χ4v) is 4.93. The second kappa shape index (κ2) is 6.89. The summed E-state index contributed by atoms with van der Waals surface area (Å²) < 4.78 is 29.6. The monoisotopic (exact) mass is 303 g/mol. The minimum atomic E-state index is -3.18. The lowest BCUT2D eigenvalue weighted by atomic mass is 10.1. The lowest BCUT2D eigenvalue weighted by Crippen LogP contribution is -2.44. The smallest absolute Gasteiger partial charge is 0.306 e. The molecular weight excluding hydrogens is 278 g/mol. The largest absolute Gasteiger partial charge is 0.466 e. The Morgan fingerprint density at radius 2 is 1.90 bits per heavy atom. The van der Waals surface area contributed by atoms with E-state index in [9.17, 15) is 13.2 Å². The van der Waals surface area contributed by atoms with Gasteiger partial charge in [0.25, 0.3) is 0 Å². The van der Waals surface area contributed by atoms with E-state index in [2.05, 4.69) is 5.32 Å². The van der Waals surface area contributed by atoms with Crippen molar-refractivity contribution in [1.29, 1.82) is 0 Å². The van der Waals surface area contributed by atoms with Gasteiger partial charge in [-0.2, -0.15) is 0 Å². The van der Waals surface area contributed by atoms with Crippen LogP contribution in [0.2, 0.25) is 0 Å². The molecule has 2 unspecified atom stereocenters. The molecule has 2 aliphatic rings. The van der Waals surface area contributed by atoms with Gasteiger partial charge in [0, 0.05) is 12.1 Å². The third kappa shape index (κ3) is 4.19. The van der Waals surface area contributed by atoms with E-state index in [0.717, 1.165) is 25.7 Å². The van der Waals surface area contributed by atoms with Crippen LogP contribution in [0.1, 0.15) is 51.9 Å². The maximum Gasteiger partial charge on any atom is 0.306 e. The molecule has 5 nitrogen and oxygen atoms in total. The number of carbonyl (C=O) groups excluding carboxylic acids is 1. The van der Waals surface area contributed by atoms with Crippen molar-refractivity contribution in [3.05, 3.63) is 0 Å². The molecule has 0 aliphatic carbocycles. The Hall–Kier alpha value is -0.620. The van der Waals surface area contributed by atoms with Gasteiger partial charge in [0.1, 0.15) is 0 Å². The van der Waals surface area contributed by atoms with Crippen molar-refractivity contribution >= 4 is 15.8 Å². The van der Waals surface area contributed by atoms with Gasteiger partial charge in [0.05, 0.1) is 24.0 Å². The predicted molar refractivity (Wildman–Crippen MR) is 77.2 cm³/mol. The minimum Gasteiger partial charge on any atom is -0.466 e. The highest BCUT2D eigenvalue weighted by Crippen LogP contribution is 2.31. The highest BCUT2D eigenvalue weighted by molar-refractivity contribution is 7.92. The highest BCUT2D eigenvalue weighted by Gasteiger charge is 2.39. The van der Waals surface area contributed by atoms with Crippen LogP contribution < -0.4 is 5.32 Å². The van der Waals surface area contributed by atoms with E-state index in [0.29, 0.717) is 31.5 Å². The minimum absolute atomic E-state index is 0.00862. The Morgan fingerprint density at radius 3 is 2.50 bits per heavy atom. The Balaban J connectivity index is 1.77. The Morgan fingerprint density at radius 1 is 1.25 bits per heavy atom. The number of rotatable bonds is 7. The van der Waals surface area contributed by atoms with E-state index >= 15 is 0 Å². The normalized spacial score (nSPS) is 29.4. The third-order valence-electron chi connectivity index (χ3n) is 4.29. The summed E-state index contributed by atoms with van der Waals surface area (Å²) in [6.07, 6.45) is 5.34. The number of sulfone groups is 1. The molecule has 6 heteroatoms. The molecule has 0 aromatic heterocycles. The average Bonchev–Trinajstić information content (AvgIpc) is 2.75. The first-order valence-electron chi connectivity index (χ1n) is 7.64. The molecule has 2 fully saturated rings. The molecule has 2 rings (SSSR count). The van der Waals surface area contributed by atoms with E-state index in [-0.39, 0.29) is 23.4 Å². The first kappa shape index (κ1) is 15.8.